The van der Waals surface area contributed by atoms with Gasteiger partial charge in [0, 0.05) is 38.8 Å². The summed E-state index contributed by atoms with van der Waals surface area (Å²) in [6.45, 7) is 2.12. The lowest BCUT2D eigenvalue weighted by atomic mass is 10.3. The second-order valence-corrected chi connectivity index (χ2v) is 9.08. The Labute approximate surface area is 174 Å². The maximum absolute atomic E-state index is 13.4. The number of β-amino-alcohol motifs (C(OH)–C–C–N with tert-alkyl or cyclic N) is 1. The summed E-state index contributed by atoms with van der Waals surface area (Å²) in [6.07, 6.45) is -0.734. The Morgan fingerprint density at radius 1 is 1.07 bits per heavy atom. The average molecular weight is 438 g/mol. The summed E-state index contributed by atoms with van der Waals surface area (Å²) >= 11 is 0. The summed E-state index contributed by atoms with van der Waals surface area (Å²) in [5, 5.41) is 10.3. The molecule has 1 N–H and O–H groups in total. The first kappa shape index (κ1) is 20.9. The number of aliphatic hydroxyl groups excluding tert-OH is 1. The number of hydrogen-bond acceptors (Lipinski definition) is 7. The van der Waals surface area contributed by atoms with Crippen LogP contribution in [0.4, 0.5) is 4.39 Å². The van der Waals surface area contributed by atoms with Gasteiger partial charge in [-0.3, -0.25) is 4.90 Å². The highest BCUT2D eigenvalue weighted by Crippen LogP contribution is 2.35. The summed E-state index contributed by atoms with van der Waals surface area (Å²) in [4.78, 5) is 1.93. The highest BCUT2D eigenvalue weighted by molar-refractivity contribution is 7.89. The van der Waals surface area contributed by atoms with E-state index in [9.17, 15) is 17.9 Å². The van der Waals surface area contributed by atoms with Crippen LogP contribution in [0.2, 0.25) is 0 Å². The van der Waals surface area contributed by atoms with Gasteiger partial charge >= 0.3 is 0 Å². The largest absolute Gasteiger partial charge is 0.491 e. The minimum absolute atomic E-state index is 0.0480. The highest BCUT2D eigenvalue weighted by Gasteiger charge is 2.29. The van der Waals surface area contributed by atoms with Crippen molar-refractivity contribution in [1.82, 2.24) is 9.21 Å². The van der Waals surface area contributed by atoms with Crippen molar-refractivity contribution in [2.75, 3.05) is 46.1 Å². The Morgan fingerprint density at radius 2 is 1.83 bits per heavy atom. The first-order valence-corrected chi connectivity index (χ1v) is 11.0. The average Bonchev–Trinajstić information content (AvgIpc) is 3.20. The van der Waals surface area contributed by atoms with Crippen LogP contribution in [-0.2, 0) is 10.0 Å². The first-order valence-electron chi connectivity index (χ1n) is 9.60. The SMILES string of the molecule is O=S(=O)(c1cccc(F)c1)N1CCN(CC(O)COc2ccc3c(c2)OCO3)CC1. The minimum atomic E-state index is -3.73. The molecule has 0 aromatic heterocycles. The molecule has 1 unspecified atom stereocenters. The van der Waals surface area contributed by atoms with Crippen molar-refractivity contribution in [3.63, 3.8) is 0 Å². The Kier molecular flexibility index (Phi) is 6.09. The molecule has 2 aromatic rings. The monoisotopic (exact) mass is 438 g/mol. The van der Waals surface area contributed by atoms with E-state index < -0.39 is 21.9 Å². The Morgan fingerprint density at radius 3 is 2.60 bits per heavy atom. The molecule has 0 amide bonds. The molecule has 0 aliphatic carbocycles. The normalized spacial score (nSPS) is 18.3. The fourth-order valence-electron chi connectivity index (χ4n) is 3.44. The van der Waals surface area contributed by atoms with Gasteiger partial charge in [0.05, 0.1) is 4.90 Å². The number of benzene rings is 2. The van der Waals surface area contributed by atoms with Crippen LogP contribution in [0, 0.1) is 5.82 Å². The molecule has 2 aromatic carbocycles. The van der Waals surface area contributed by atoms with Crippen LogP contribution < -0.4 is 14.2 Å². The van der Waals surface area contributed by atoms with Gasteiger partial charge in [-0.25, -0.2) is 12.8 Å². The molecule has 4 rings (SSSR count). The van der Waals surface area contributed by atoms with Crippen LogP contribution in [0.25, 0.3) is 0 Å². The summed E-state index contributed by atoms with van der Waals surface area (Å²) in [7, 11) is -3.73. The van der Waals surface area contributed by atoms with Gasteiger partial charge in [-0.2, -0.15) is 4.31 Å². The van der Waals surface area contributed by atoms with Gasteiger partial charge in [-0.1, -0.05) is 6.07 Å². The van der Waals surface area contributed by atoms with Crippen LogP contribution in [0.15, 0.2) is 47.4 Å². The van der Waals surface area contributed by atoms with Gasteiger partial charge in [0.2, 0.25) is 16.8 Å². The molecule has 2 heterocycles. The molecule has 30 heavy (non-hydrogen) atoms. The zero-order chi connectivity index (χ0) is 21.1. The summed E-state index contributed by atoms with van der Waals surface area (Å²) in [5.41, 5.74) is 0. The fourth-order valence-corrected chi connectivity index (χ4v) is 4.89. The van der Waals surface area contributed by atoms with Crippen LogP contribution in [0.3, 0.4) is 0 Å². The molecule has 2 aliphatic heterocycles. The number of rotatable bonds is 7. The molecular weight excluding hydrogens is 415 g/mol. The zero-order valence-corrected chi connectivity index (χ0v) is 17.1. The highest BCUT2D eigenvalue weighted by atomic mass is 32.2. The fraction of sp³-hybridized carbons (Fsp3) is 0.400. The minimum Gasteiger partial charge on any atom is -0.491 e. The smallest absolute Gasteiger partial charge is 0.243 e. The molecule has 162 valence electrons. The third-order valence-corrected chi connectivity index (χ3v) is 6.92. The number of halogens is 1. The molecule has 1 saturated heterocycles. The molecule has 0 saturated carbocycles. The van der Waals surface area contributed by atoms with E-state index in [1.54, 1.807) is 18.2 Å². The van der Waals surface area contributed by atoms with Crippen LogP contribution >= 0.6 is 0 Å². The Hall–Kier alpha value is -2.40. The molecule has 2 aliphatic rings. The molecule has 8 nitrogen and oxygen atoms in total. The molecule has 0 radical (unpaired) electrons. The zero-order valence-electron chi connectivity index (χ0n) is 16.2. The van der Waals surface area contributed by atoms with E-state index in [2.05, 4.69) is 0 Å². The quantitative estimate of drug-likeness (QED) is 0.697. The van der Waals surface area contributed by atoms with Gasteiger partial charge in [-0.05, 0) is 30.3 Å². The number of hydrogen-bond donors (Lipinski definition) is 1. The van der Waals surface area contributed by atoms with Crippen molar-refractivity contribution in [2.24, 2.45) is 0 Å². The van der Waals surface area contributed by atoms with Crippen LogP contribution in [0.5, 0.6) is 17.2 Å². The van der Waals surface area contributed by atoms with Gasteiger partial charge < -0.3 is 19.3 Å². The summed E-state index contributed by atoms with van der Waals surface area (Å²) in [5.74, 6) is 1.26. The topological polar surface area (TPSA) is 88.5 Å². The van der Waals surface area contributed by atoms with Crippen LogP contribution in [-0.4, -0.2) is 75.0 Å². The number of sulfonamides is 1. The van der Waals surface area contributed by atoms with Crippen molar-refractivity contribution in [1.29, 1.82) is 0 Å². The second-order valence-electron chi connectivity index (χ2n) is 7.14. The Bertz CT molecular complexity index is 995. The first-order chi connectivity index (χ1) is 14.4. The molecule has 10 heteroatoms. The van der Waals surface area contributed by atoms with E-state index in [-0.39, 0.29) is 31.4 Å². The second kappa shape index (κ2) is 8.76. The lowest BCUT2D eigenvalue weighted by molar-refractivity contribution is 0.0568. The third-order valence-electron chi connectivity index (χ3n) is 5.02. The van der Waals surface area contributed by atoms with E-state index in [1.807, 2.05) is 4.90 Å². The van der Waals surface area contributed by atoms with Crippen molar-refractivity contribution >= 4 is 10.0 Å². The number of nitrogens with zero attached hydrogens (tertiary/aromatic N) is 2. The van der Waals surface area contributed by atoms with Gasteiger partial charge in [-0.15, -0.1) is 0 Å². The van der Waals surface area contributed by atoms with Crippen molar-refractivity contribution in [3.05, 3.63) is 48.3 Å². The van der Waals surface area contributed by atoms with Crippen molar-refractivity contribution in [3.8, 4) is 17.2 Å². The van der Waals surface area contributed by atoms with Gasteiger partial charge in [0.15, 0.2) is 11.5 Å². The number of ether oxygens (including phenoxy) is 3. The molecule has 1 atom stereocenters. The molecular formula is C20H23FN2O6S. The van der Waals surface area contributed by atoms with Crippen LogP contribution in [0.1, 0.15) is 0 Å². The third kappa shape index (κ3) is 4.67. The predicted molar refractivity (Wildman–Crippen MR) is 106 cm³/mol. The van der Waals surface area contributed by atoms with E-state index >= 15 is 0 Å². The lowest BCUT2D eigenvalue weighted by Crippen LogP contribution is -2.50. The number of aliphatic hydroxyl groups is 1. The number of piperazine rings is 1. The van der Waals surface area contributed by atoms with Crippen molar-refractivity contribution < 1.29 is 32.1 Å². The van der Waals surface area contributed by atoms with E-state index in [0.29, 0.717) is 36.9 Å². The standard InChI is InChI=1S/C20H23FN2O6S/c21-15-2-1-3-18(10-15)30(25,26)23-8-6-22(7-9-23)12-16(24)13-27-17-4-5-19-20(11-17)29-14-28-19/h1-5,10-11,16,24H,6-9,12-14H2. The molecule has 1 fully saturated rings. The van der Waals surface area contributed by atoms with Gasteiger partial charge in [0.1, 0.15) is 24.3 Å². The summed E-state index contributed by atoms with van der Waals surface area (Å²) < 4.78 is 56.2. The lowest BCUT2D eigenvalue weighted by Gasteiger charge is -2.34. The van der Waals surface area contributed by atoms with Gasteiger partial charge in [0.25, 0.3) is 0 Å². The predicted octanol–water partition coefficient (Wildman–Crippen LogP) is 1.30. The maximum Gasteiger partial charge on any atom is 0.243 e. The van der Waals surface area contributed by atoms with E-state index in [1.165, 1.54) is 22.5 Å². The van der Waals surface area contributed by atoms with E-state index in [4.69, 9.17) is 14.2 Å². The number of fused-ring (bicyclic) bond motifs is 1. The Balaban J connectivity index is 1.25. The maximum atomic E-state index is 13.4. The molecule has 0 spiro atoms. The van der Waals surface area contributed by atoms with E-state index in [0.717, 1.165) is 6.07 Å². The van der Waals surface area contributed by atoms with Crippen molar-refractivity contribution in [2.45, 2.75) is 11.0 Å². The summed E-state index contributed by atoms with van der Waals surface area (Å²) in [6, 6.07) is 10.2. The molecule has 0 bridgehead atoms.